The van der Waals surface area contributed by atoms with Crippen LogP contribution in [0.25, 0.3) is 0 Å². The van der Waals surface area contributed by atoms with E-state index in [1.807, 2.05) is 0 Å². The molecule has 426 valence electrons. The van der Waals surface area contributed by atoms with Crippen LogP contribution in [0.4, 0.5) is 0 Å². The summed E-state index contributed by atoms with van der Waals surface area (Å²) in [6.45, 7) is 3.58. The van der Waals surface area contributed by atoms with Crippen LogP contribution in [0, 0.1) is 0 Å². The van der Waals surface area contributed by atoms with Gasteiger partial charge in [-0.2, -0.15) is 0 Å². The van der Waals surface area contributed by atoms with Gasteiger partial charge in [-0.3, -0.25) is 18.6 Å². The highest BCUT2D eigenvalue weighted by Crippen LogP contribution is 2.43. The van der Waals surface area contributed by atoms with Crippen LogP contribution in [0.1, 0.15) is 232 Å². The normalized spacial score (nSPS) is 14.0. The molecule has 75 heavy (non-hydrogen) atoms. The van der Waals surface area contributed by atoms with Gasteiger partial charge in [-0.15, -0.1) is 0 Å². The van der Waals surface area contributed by atoms with Gasteiger partial charge in [-0.05, 0) is 116 Å². The summed E-state index contributed by atoms with van der Waals surface area (Å²) in [7, 11) is -4.40. The number of ether oxygens (including phenoxy) is 2. The molecule has 10 heteroatoms. The molecule has 3 N–H and O–H groups in total. The highest BCUT2D eigenvalue weighted by molar-refractivity contribution is 7.47. The molecular weight excluding hydrogens is 954 g/mol. The molecule has 0 radical (unpaired) electrons. The van der Waals surface area contributed by atoms with Crippen LogP contribution in [0.5, 0.6) is 0 Å². The number of allylic oxidation sites excluding steroid dienone is 22. The van der Waals surface area contributed by atoms with Crippen molar-refractivity contribution in [2.75, 3.05) is 26.4 Å². The molecule has 0 aromatic carbocycles. The first-order valence-corrected chi connectivity index (χ1v) is 31.2. The quantitative estimate of drug-likeness (QED) is 0.0264. The van der Waals surface area contributed by atoms with Crippen molar-refractivity contribution < 1.29 is 37.6 Å². The van der Waals surface area contributed by atoms with Gasteiger partial charge in [0.25, 0.3) is 0 Å². The molecule has 0 spiro atoms. The summed E-state index contributed by atoms with van der Waals surface area (Å²) in [4.78, 5) is 35.2. The Labute approximate surface area is 459 Å². The van der Waals surface area contributed by atoms with Crippen molar-refractivity contribution in [2.45, 2.75) is 238 Å². The third kappa shape index (κ3) is 59.3. The Balaban J connectivity index is 4.09. The van der Waals surface area contributed by atoms with Gasteiger partial charge in [0.1, 0.15) is 6.61 Å². The molecule has 0 amide bonds. The number of phosphoric ester groups is 1. The van der Waals surface area contributed by atoms with Crippen molar-refractivity contribution in [3.05, 3.63) is 134 Å². The van der Waals surface area contributed by atoms with Crippen molar-refractivity contribution in [2.24, 2.45) is 5.73 Å². The Morgan fingerprint density at radius 2 is 0.733 bits per heavy atom. The number of phosphoric acid groups is 1. The Morgan fingerprint density at radius 3 is 1.11 bits per heavy atom. The average molecular weight is 1060 g/mol. The lowest BCUT2D eigenvalue weighted by atomic mass is 10.1. The number of carbonyl (C=O) groups excluding carboxylic acids is 2. The summed E-state index contributed by atoms with van der Waals surface area (Å²) in [5.74, 6) is -0.866. The van der Waals surface area contributed by atoms with Gasteiger partial charge in [-0.1, -0.05) is 237 Å². The van der Waals surface area contributed by atoms with E-state index in [-0.39, 0.29) is 32.6 Å². The van der Waals surface area contributed by atoms with Crippen LogP contribution in [0.2, 0.25) is 0 Å². The predicted molar refractivity (Wildman–Crippen MR) is 320 cm³/mol. The maximum Gasteiger partial charge on any atom is 0.472 e. The monoisotopic (exact) mass is 1060 g/mol. The lowest BCUT2D eigenvalue weighted by Crippen LogP contribution is -2.29. The Bertz CT molecular complexity index is 1680. The molecule has 0 saturated carbocycles. The summed E-state index contributed by atoms with van der Waals surface area (Å²) in [6, 6.07) is 0. The predicted octanol–water partition coefficient (Wildman–Crippen LogP) is 19.0. The van der Waals surface area contributed by atoms with Crippen molar-refractivity contribution in [1.82, 2.24) is 0 Å². The van der Waals surface area contributed by atoms with E-state index in [9.17, 15) is 19.0 Å². The molecule has 0 rings (SSSR count). The molecule has 0 aliphatic carbocycles. The number of hydrogen-bond acceptors (Lipinski definition) is 8. The van der Waals surface area contributed by atoms with E-state index in [2.05, 4.69) is 148 Å². The molecule has 0 aliphatic heterocycles. The first-order chi connectivity index (χ1) is 36.8. The van der Waals surface area contributed by atoms with Gasteiger partial charge in [0.15, 0.2) is 6.10 Å². The SMILES string of the molecule is CC/C=C\C/C=C\C/C=C\C/C=C\C/C=C\C/C=C\C/C=C\C/C=C\C/C=C\C/C=C\CCCCCCC(=O)OC(COC(=O)CCCCCCCCCCC/C=C\CCCCCCCC)COP(=O)(O)OCCN. The van der Waals surface area contributed by atoms with Crippen molar-refractivity contribution >= 4 is 19.8 Å². The molecule has 2 atom stereocenters. The molecule has 0 bridgehead atoms. The van der Waals surface area contributed by atoms with Crippen LogP contribution in [0.3, 0.4) is 0 Å². The van der Waals surface area contributed by atoms with Crippen molar-refractivity contribution in [1.29, 1.82) is 0 Å². The fourth-order valence-corrected chi connectivity index (χ4v) is 8.42. The summed E-state index contributed by atoms with van der Waals surface area (Å²) < 4.78 is 33.0. The van der Waals surface area contributed by atoms with E-state index in [0.717, 1.165) is 116 Å². The second-order valence-electron chi connectivity index (χ2n) is 19.1. The van der Waals surface area contributed by atoms with Gasteiger partial charge in [0, 0.05) is 19.4 Å². The molecular formula is C65H108NO8P. The maximum atomic E-state index is 12.7. The highest BCUT2D eigenvalue weighted by atomic mass is 31.2. The molecule has 0 aliphatic rings. The maximum absolute atomic E-state index is 12.7. The summed E-state index contributed by atoms with van der Waals surface area (Å²) in [6.07, 6.45) is 83.6. The minimum atomic E-state index is -4.40. The number of rotatable bonds is 54. The number of nitrogens with two attached hydrogens (primary N) is 1. The molecule has 0 aromatic heterocycles. The van der Waals surface area contributed by atoms with E-state index in [0.29, 0.717) is 6.42 Å². The zero-order valence-electron chi connectivity index (χ0n) is 47.5. The lowest BCUT2D eigenvalue weighted by Gasteiger charge is -2.19. The topological polar surface area (TPSA) is 134 Å². The largest absolute Gasteiger partial charge is 0.472 e. The van der Waals surface area contributed by atoms with Gasteiger partial charge in [0.05, 0.1) is 13.2 Å². The van der Waals surface area contributed by atoms with E-state index in [1.54, 1.807) is 0 Å². The Kier molecular flexibility index (Phi) is 56.3. The summed E-state index contributed by atoms with van der Waals surface area (Å²) in [5, 5.41) is 0. The van der Waals surface area contributed by atoms with Crippen LogP contribution < -0.4 is 5.73 Å². The molecule has 0 aromatic rings. The molecule has 0 saturated heterocycles. The average Bonchev–Trinajstić information content (AvgIpc) is 3.40. The minimum absolute atomic E-state index is 0.0420. The minimum Gasteiger partial charge on any atom is -0.462 e. The summed E-state index contributed by atoms with van der Waals surface area (Å²) in [5.41, 5.74) is 5.38. The van der Waals surface area contributed by atoms with Gasteiger partial charge in [0.2, 0.25) is 0 Å². The standard InChI is InChI=1S/C65H108NO8P/c1-3-5-7-9-11-13-15-17-19-21-23-24-25-26-27-28-29-30-31-32-33-34-35-36-37-38-40-42-44-46-48-50-52-54-56-58-65(68)74-63(62-73-75(69,70)72-60-59-66)61-71-64(67)57-55-53-51-49-47-45-43-41-39-22-20-18-16-14-12-10-8-6-4-2/h5,7,11,13,17-20,23-24,26-27,29-30,32-33,35-36,38,40,44,46,63H,3-4,6,8-10,12,14-16,21-22,25,28,31,34,37,39,41-43,45,47-62,66H2,1-2H3,(H,69,70)/b7-5-,13-11-,19-17-,20-18-,24-23-,27-26-,30-29-,33-32-,36-35-,40-38-,46-44-. The fourth-order valence-electron chi connectivity index (χ4n) is 7.66. The van der Waals surface area contributed by atoms with Crippen molar-refractivity contribution in [3.63, 3.8) is 0 Å². The molecule has 0 fully saturated rings. The first-order valence-electron chi connectivity index (χ1n) is 29.7. The first kappa shape index (κ1) is 71.2. The smallest absolute Gasteiger partial charge is 0.462 e. The van der Waals surface area contributed by atoms with Crippen LogP contribution in [0.15, 0.2) is 134 Å². The zero-order valence-corrected chi connectivity index (χ0v) is 48.4. The van der Waals surface area contributed by atoms with E-state index >= 15 is 0 Å². The number of hydrogen-bond donors (Lipinski definition) is 2. The van der Waals surface area contributed by atoms with Crippen molar-refractivity contribution in [3.8, 4) is 0 Å². The van der Waals surface area contributed by atoms with Crippen LogP contribution in [-0.4, -0.2) is 49.3 Å². The second-order valence-corrected chi connectivity index (χ2v) is 20.6. The second kappa shape index (κ2) is 59.4. The Hall–Kier alpha value is -3.85. The van der Waals surface area contributed by atoms with Crippen LogP contribution >= 0.6 is 7.82 Å². The number of unbranched alkanes of at least 4 members (excludes halogenated alkanes) is 19. The third-order valence-corrected chi connectivity index (χ3v) is 13.0. The van der Waals surface area contributed by atoms with Crippen LogP contribution in [-0.2, 0) is 32.7 Å². The third-order valence-electron chi connectivity index (χ3n) is 12.0. The molecule has 0 heterocycles. The van der Waals surface area contributed by atoms with E-state index < -0.39 is 32.5 Å². The zero-order chi connectivity index (χ0) is 54.5. The van der Waals surface area contributed by atoms with Gasteiger partial charge in [-0.25, -0.2) is 4.57 Å². The fraction of sp³-hybridized carbons (Fsp3) is 0.631. The molecule has 2 unspecified atom stereocenters. The van der Waals surface area contributed by atoms with E-state index in [1.165, 1.54) is 83.5 Å². The van der Waals surface area contributed by atoms with Gasteiger partial charge >= 0.3 is 19.8 Å². The number of carbonyl (C=O) groups is 2. The van der Waals surface area contributed by atoms with E-state index in [4.69, 9.17) is 24.3 Å². The number of esters is 2. The summed E-state index contributed by atoms with van der Waals surface area (Å²) >= 11 is 0. The highest BCUT2D eigenvalue weighted by Gasteiger charge is 2.26. The van der Waals surface area contributed by atoms with Gasteiger partial charge < -0.3 is 20.1 Å². The molecule has 9 nitrogen and oxygen atoms in total. The lowest BCUT2D eigenvalue weighted by molar-refractivity contribution is -0.161. The Morgan fingerprint density at radius 1 is 0.413 bits per heavy atom.